The van der Waals surface area contributed by atoms with E-state index in [1.807, 2.05) is 27.7 Å². The van der Waals surface area contributed by atoms with Gasteiger partial charge in [0.05, 0.1) is 26.4 Å². The Balaban J connectivity index is 7.59. The van der Waals surface area contributed by atoms with E-state index in [-0.39, 0.29) is 37.1 Å². The van der Waals surface area contributed by atoms with Crippen LogP contribution in [0.4, 0.5) is 0 Å². The Morgan fingerprint density at radius 1 is 0.533 bits per heavy atom. The van der Waals surface area contributed by atoms with E-state index in [4.69, 9.17) is 18.1 Å². The van der Waals surface area contributed by atoms with Crippen molar-refractivity contribution in [2.45, 2.75) is 81.1 Å². The zero-order chi connectivity index (χ0) is 23.2. The summed E-state index contributed by atoms with van der Waals surface area (Å²) in [6.07, 6.45) is 2.77. The van der Waals surface area contributed by atoms with E-state index in [0.29, 0.717) is 25.7 Å². The molecule has 0 radical (unpaired) electrons. The zero-order valence-corrected chi connectivity index (χ0v) is 21.8. The summed E-state index contributed by atoms with van der Waals surface area (Å²) in [5, 5.41) is 0.184. The van der Waals surface area contributed by atoms with Gasteiger partial charge in [-0.3, -0.25) is 9.13 Å². The van der Waals surface area contributed by atoms with Crippen LogP contribution in [0.3, 0.4) is 0 Å². The molecule has 0 atom stereocenters. The monoisotopic (exact) mass is 462 g/mol. The van der Waals surface area contributed by atoms with Crippen molar-refractivity contribution >= 4 is 15.2 Å². The lowest BCUT2D eigenvalue weighted by molar-refractivity contribution is 0.220. The molecule has 0 rings (SSSR count). The molecular formula is C22H40O6P2. The minimum atomic E-state index is -3.85. The van der Waals surface area contributed by atoms with Gasteiger partial charge < -0.3 is 18.1 Å². The van der Waals surface area contributed by atoms with Gasteiger partial charge in [-0.1, -0.05) is 27.7 Å². The first-order valence-corrected chi connectivity index (χ1v) is 14.1. The van der Waals surface area contributed by atoms with Gasteiger partial charge in [0.25, 0.3) is 0 Å². The van der Waals surface area contributed by atoms with E-state index >= 15 is 0 Å². The van der Waals surface area contributed by atoms with E-state index in [1.165, 1.54) is 0 Å². The van der Waals surface area contributed by atoms with Crippen molar-refractivity contribution < 1.29 is 27.2 Å². The quantitative estimate of drug-likeness (QED) is 0.140. The molecule has 0 saturated carbocycles. The van der Waals surface area contributed by atoms with E-state index < -0.39 is 15.2 Å². The third-order valence-electron chi connectivity index (χ3n) is 4.27. The van der Waals surface area contributed by atoms with Crippen LogP contribution in [0, 0.1) is 0 Å². The molecule has 0 aliphatic heterocycles. The maximum absolute atomic E-state index is 13.9. The summed E-state index contributed by atoms with van der Waals surface area (Å²) in [6.45, 7) is 15.6. The summed E-state index contributed by atoms with van der Waals surface area (Å²) >= 11 is 0. The molecule has 0 aliphatic rings. The van der Waals surface area contributed by atoms with Gasteiger partial charge in [-0.2, -0.15) is 0 Å². The molecule has 0 aromatic heterocycles. The lowest BCUT2D eigenvalue weighted by atomic mass is 10.1. The second-order valence-corrected chi connectivity index (χ2v) is 10.2. The fourth-order valence-corrected chi connectivity index (χ4v) is 6.70. The van der Waals surface area contributed by atoms with Crippen LogP contribution in [0.2, 0.25) is 0 Å². The lowest BCUT2D eigenvalue weighted by Gasteiger charge is -2.24. The topological polar surface area (TPSA) is 71.1 Å². The Morgan fingerprint density at radius 3 is 0.933 bits per heavy atom. The molecule has 0 aromatic carbocycles. The smallest absolute Gasteiger partial charge is 0.305 e. The van der Waals surface area contributed by atoms with Crippen molar-refractivity contribution in [3.8, 4) is 0 Å². The van der Waals surface area contributed by atoms with Gasteiger partial charge in [0.1, 0.15) is 10.6 Å². The molecule has 0 amide bonds. The third kappa shape index (κ3) is 8.46. The van der Waals surface area contributed by atoms with Crippen LogP contribution in [0.5, 0.6) is 0 Å². The van der Waals surface area contributed by atoms with Crippen molar-refractivity contribution in [2.24, 2.45) is 0 Å². The molecule has 8 heteroatoms. The highest BCUT2D eigenvalue weighted by molar-refractivity contribution is 7.64. The highest BCUT2D eigenvalue weighted by atomic mass is 31.2. The lowest BCUT2D eigenvalue weighted by Crippen LogP contribution is -2.05. The van der Waals surface area contributed by atoms with Crippen LogP contribution in [-0.4, -0.2) is 26.4 Å². The van der Waals surface area contributed by atoms with Crippen molar-refractivity contribution in [1.82, 2.24) is 0 Å². The van der Waals surface area contributed by atoms with Crippen molar-refractivity contribution in [3.63, 3.8) is 0 Å². The van der Waals surface area contributed by atoms with Crippen LogP contribution >= 0.6 is 15.2 Å². The minimum absolute atomic E-state index is 0.0922. The van der Waals surface area contributed by atoms with Crippen molar-refractivity contribution in [3.05, 3.63) is 33.2 Å². The second kappa shape index (κ2) is 15.2. The first kappa shape index (κ1) is 29.3. The van der Waals surface area contributed by atoms with Crippen molar-refractivity contribution in [2.75, 3.05) is 26.4 Å². The van der Waals surface area contributed by atoms with Gasteiger partial charge in [-0.05, 0) is 64.5 Å². The van der Waals surface area contributed by atoms with Crippen LogP contribution < -0.4 is 0 Å². The fraction of sp³-hybridized carbons (Fsp3) is 0.727. The van der Waals surface area contributed by atoms with Crippen LogP contribution in [-0.2, 0) is 27.2 Å². The molecule has 30 heavy (non-hydrogen) atoms. The molecule has 0 unspecified atom stereocenters. The molecule has 0 fully saturated rings. The summed E-state index contributed by atoms with van der Waals surface area (Å²) < 4.78 is 50.2. The second-order valence-electron chi connectivity index (χ2n) is 6.23. The summed E-state index contributed by atoms with van der Waals surface area (Å²) in [6, 6.07) is 0. The molecule has 0 heterocycles. The Hall–Kier alpha value is -0.660. The van der Waals surface area contributed by atoms with Crippen molar-refractivity contribution in [1.29, 1.82) is 0 Å². The predicted octanol–water partition coefficient (Wildman–Crippen LogP) is 7.98. The average molecular weight is 463 g/mol. The number of rotatable bonds is 15. The van der Waals surface area contributed by atoms with E-state index in [2.05, 4.69) is 11.5 Å². The largest absolute Gasteiger partial charge is 0.370 e. The van der Waals surface area contributed by atoms with Gasteiger partial charge in [-0.25, -0.2) is 0 Å². The van der Waals surface area contributed by atoms with Crippen LogP contribution in [0.1, 0.15) is 81.1 Å². The van der Waals surface area contributed by atoms with E-state index in [9.17, 15) is 9.13 Å². The number of hydrogen-bond acceptors (Lipinski definition) is 6. The molecular weight excluding hydrogens is 422 g/mol. The van der Waals surface area contributed by atoms with Gasteiger partial charge in [0.2, 0.25) is 0 Å². The third-order valence-corrected chi connectivity index (χ3v) is 8.60. The molecule has 0 N–H and O–H groups in total. The molecule has 0 saturated heterocycles. The minimum Gasteiger partial charge on any atom is -0.305 e. The summed E-state index contributed by atoms with van der Waals surface area (Å²) in [5.41, 5.74) is 8.23. The Kier molecular flexibility index (Phi) is 14.9. The van der Waals surface area contributed by atoms with Gasteiger partial charge in [0.15, 0.2) is 0 Å². The van der Waals surface area contributed by atoms with Gasteiger partial charge in [-0.15, -0.1) is 11.5 Å². The Bertz CT molecular complexity index is 660. The molecule has 6 nitrogen and oxygen atoms in total. The summed E-state index contributed by atoms with van der Waals surface area (Å²) in [7, 11) is -7.69. The maximum atomic E-state index is 13.9. The Labute approximate surface area is 183 Å². The van der Waals surface area contributed by atoms with E-state index in [0.717, 1.165) is 11.1 Å². The van der Waals surface area contributed by atoms with Gasteiger partial charge >= 0.3 is 15.2 Å². The standard InChI is InChI=1S/C22H40O6P2/c1-9-19(10-2)17-21(29(23,25-13-5)26-14-6)22(18-20(11-3)12-4)30(24,27-15-7)28-16-8/h9-16H2,1-8H3. The molecule has 0 aromatic rings. The maximum Gasteiger partial charge on any atom is 0.370 e. The molecule has 174 valence electrons. The van der Waals surface area contributed by atoms with Crippen LogP contribution in [0.25, 0.3) is 0 Å². The zero-order valence-electron chi connectivity index (χ0n) is 20.0. The number of allylic oxidation sites excluding steroid dienone is 2. The highest BCUT2D eigenvalue weighted by Crippen LogP contribution is 2.68. The normalized spacial score (nSPS) is 11.6. The van der Waals surface area contributed by atoms with Gasteiger partial charge in [0, 0.05) is 0 Å². The molecule has 0 aliphatic carbocycles. The van der Waals surface area contributed by atoms with E-state index in [1.54, 1.807) is 27.7 Å². The predicted molar refractivity (Wildman–Crippen MR) is 124 cm³/mol. The first-order chi connectivity index (χ1) is 14.2. The van der Waals surface area contributed by atoms with Crippen LogP contribution in [0.15, 0.2) is 33.2 Å². The Morgan fingerprint density at radius 2 is 0.767 bits per heavy atom. The summed E-state index contributed by atoms with van der Waals surface area (Å²) in [5.74, 6) is 0. The fourth-order valence-electron chi connectivity index (χ4n) is 2.72. The highest BCUT2D eigenvalue weighted by Gasteiger charge is 2.42. The summed E-state index contributed by atoms with van der Waals surface area (Å²) in [4.78, 5) is 0. The molecule has 0 spiro atoms. The number of hydrogen-bond donors (Lipinski definition) is 0. The average Bonchev–Trinajstić information content (AvgIpc) is 2.71. The SMILES string of the molecule is CCOP(=O)(OCC)C(=C=C(CC)CC)C(=C=C(CC)CC)P(=O)(OCC)OCC. The first-order valence-electron chi connectivity index (χ1n) is 11.0. The molecule has 0 bridgehead atoms.